The van der Waals surface area contributed by atoms with Gasteiger partial charge < -0.3 is 10.0 Å². The van der Waals surface area contributed by atoms with Crippen LogP contribution in [0.15, 0.2) is 29.2 Å². The van der Waals surface area contributed by atoms with Crippen molar-refractivity contribution in [1.29, 1.82) is 0 Å². The molecule has 0 aliphatic carbocycles. The topological polar surface area (TPSA) is 23.5 Å². The van der Waals surface area contributed by atoms with Crippen LogP contribution in [-0.4, -0.2) is 35.9 Å². The number of rotatable bonds is 5. The molecule has 0 aromatic heterocycles. The summed E-state index contributed by atoms with van der Waals surface area (Å²) >= 11 is 1.71. The third kappa shape index (κ3) is 3.47. The van der Waals surface area contributed by atoms with Gasteiger partial charge in [0, 0.05) is 11.4 Å². The molecule has 1 N–H and O–H groups in total. The Balaban J connectivity index is 1.91. The van der Waals surface area contributed by atoms with Crippen LogP contribution in [0.2, 0.25) is 0 Å². The lowest BCUT2D eigenvalue weighted by Crippen LogP contribution is -2.22. The highest BCUT2D eigenvalue weighted by Crippen LogP contribution is 2.27. The van der Waals surface area contributed by atoms with Crippen LogP contribution in [0.4, 0.5) is 0 Å². The van der Waals surface area contributed by atoms with Crippen LogP contribution in [0.5, 0.6) is 0 Å². The lowest BCUT2D eigenvalue weighted by atomic mass is 10.1. The van der Waals surface area contributed by atoms with E-state index < -0.39 is 0 Å². The number of benzene rings is 1. The number of hydrogen-bond donors (Lipinski definition) is 1. The summed E-state index contributed by atoms with van der Waals surface area (Å²) in [5, 5.41) is 10.3. The molecular formula is C14H21NOS. The summed E-state index contributed by atoms with van der Waals surface area (Å²) in [6, 6.07) is 8.16. The number of aliphatic hydroxyl groups is 1. The minimum absolute atomic E-state index is 0.320. The molecule has 0 saturated carbocycles. The highest BCUT2D eigenvalue weighted by atomic mass is 32.2. The largest absolute Gasteiger partial charge is 0.388 e. The van der Waals surface area contributed by atoms with Gasteiger partial charge in [0.15, 0.2) is 0 Å². The van der Waals surface area contributed by atoms with Gasteiger partial charge in [-0.1, -0.05) is 18.2 Å². The number of aliphatic hydroxyl groups excluding tert-OH is 1. The minimum Gasteiger partial charge on any atom is -0.388 e. The molecule has 1 fully saturated rings. The summed E-state index contributed by atoms with van der Waals surface area (Å²) in [7, 11) is 0. The van der Waals surface area contributed by atoms with Crippen LogP contribution in [0, 0.1) is 0 Å². The van der Waals surface area contributed by atoms with Gasteiger partial charge in [0.05, 0.1) is 6.10 Å². The van der Waals surface area contributed by atoms with Crippen molar-refractivity contribution in [3.63, 3.8) is 0 Å². The average molecular weight is 251 g/mol. The second-order valence-electron chi connectivity index (χ2n) is 4.60. The molecule has 1 saturated heterocycles. The van der Waals surface area contributed by atoms with Crippen molar-refractivity contribution in [2.75, 3.05) is 25.9 Å². The van der Waals surface area contributed by atoms with Gasteiger partial charge in [-0.25, -0.2) is 0 Å². The number of thioether (sulfide) groups is 1. The standard InChI is InChI=1S/C14H21NOS/c1-17-14-7-3-2-6-12(14)13(16)8-11-15-9-4-5-10-15/h2-3,6-7,13,16H,4-5,8-11H2,1H3. The van der Waals surface area contributed by atoms with Gasteiger partial charge in [-0.05, 0) is 50.2 Å². The molecule has 94 valence electrons. The van der Waals surface area contributed by atoms with Crippen molar-refractivity contribution < 1.29 is 5.11 Å². The van der Waals surface area contributed by atoms with Crippen molar-refractivity contribution in [1.82, 2.24) is 4.90 Å². The van der Waals surface area contributed by atoms with Gasteiger partial charge >= 0.3 is 0 Å². The van der Waals surface area contributed by atoms with Crippen LogP contribution < -0.4 is 0 Å². The van der Waals surface area contributed by atoms with E-state index in [2.05, 4.69) is 17.2 Å². The van der Waals surface area contributed by atoms with E-state index in [4.69, 9.17) is 0 Å². The maximum Gasteiger partial charge on any atom is 0.0813 e. The van der Waals surface area contributed by atoms with Crippen LogP contribution in [0.25, 0.3) is 0 Å². The van der Waals surface area contributed by atoms with Gasteiger partial charge in [0.25, 0.3) is 0 Å². The molecular weight excluding hydrogens is 230 g/mol. The molecule has 2 rings (SSSR count). The Kier molecular flexibility index (Phi) is 4.89. The third-order valence-electron chi connectivity index (χ3n) is 3.42. The van der Waals surface area contributed by atoms with E-state index in [1.165, 1.54) is 30.8 Å². The molecule has 1 heterocycles. The van der Waals surface area contributed by atoms with Crippen LogP contribution in [0.1, 0.15) is 30.9 Å². The zero-order valence-electron chi connectivity index (χ0n) is 10.4. The Labute approximate surface area is 108 Å². The first kappa shape index (κ1) is 12.9. The number of nitrogens with zero attached hydrogens (tertiary/aromatic N) is 1. The molecule has 3 heteroatoms. The maximum absolute atomic E-state index is 10.3. The van der Waals surface area contributed by atoms with Crippen LogP contribution >= 0.6 is 11.8 Å². The van der Waals surface area contributed by atoms with Gasteiger partial charge in [0.1, 0.15) is 0 Å². The summed E-state index contributed by atoms with van der Waals surface area (Å²) in [4.78, 5) is 3.65. The second kappa shape index (κ2) is 6.43. The summed E-state index contributed by atoms with van der Waals surface area (Å²) in [5.41, 5.74) is 1.08. The Morgan fingerprint density at radius 1 is 1.29 bits per heavy atom. The molecule has 0 bridgehead atoms. The first-order valence-corrected chi connectivity index (χ1v) is 7.57. The second-order valence-corrected chi connectivity index (χ2v) is 5.44. The van der Waals surface area contributed by atoms with E-state index in [9.17, 15) is 5.11 Å². The predicted octanol–water partition coefficient (Wildman–Crippen LogP) is 2.93. The van der Waals surface area contributed by atoms with E-state index in [0.29, 0.717) is 0 Å². The summed E-state index contributed by atoms with van der Waals surface area (Å²) in [6.45, 7) is 3.43. The van der Waals surface area contributed by atoms with Crippen molar-refractivity contribution in [3.05, 3.63) is 29.8 Å². The molecule has 0 spiro atoms. The number of hydrogen-bond acceptors (Lipinski definition) is 3. The maximum atomic E-state index is 10.3. The monoisotopic (exact) mass is 251 g/mol. The summed E-state index contributed by atoms with van der Waals surface area (Å²) in [5.74, 6) is 0. The first-order chi connectivity index (χ1) is 8.31. The fourth-order valence-corrected chi connectivity index (χ4v) is 3.06. The average Bonchev–Trinajstić information content (AvgIpc) is 2.89. The van der Waals surface area contributed by atoms with Crippen molar-refractivity contribution in [2.24, 2.45) is 0 Å². The fourth-order valence-electron chi connectivity index (χ4n) is 2.41. The molecule has 2 nitrogen and oxygen atoms in total. The smallest absolute Gasteiger partial charge is 0.0813 e. The highest BCUT2D eigenvalue weighted by molar-refractivity contribution is 7.98. The van der Waals surface area contributed by atoms with Crippen molar-refractivity contribution >= 4 is 11.8 Å². The van der Waals surface area contributed by atoms with E-state index in [1.54, 1.807) is 11.8 Å². The quantitative estimate of drug-likeness (QED) is 0.814. The van der Waals surface area contributed by atoms with Crippen LogP contribution in [0.3, 0.4) is 0 Å². The Morgan fingerprint density at radius 2 is 2.00 bits per heavy atom. The molecule has 1 atom stereocenters. The third-order valence-corrected chi connectivity index (χ3v) is 4.23. The van der Waals surface area contributed by atoms with Crippen LogP contribution in [-0.2, 0) is 0 Å². The summed E-state index contributed by atoms with van der Waals surface area (Å²) in [6.07, 6.45) is 5.22. The van der Waals surface area contributed by atoms with E-state index >= 15 is 0 Å². The molecule has 0 amide bonds. The van der Waals surface area contributed by atoms with Gasteiger partial charge in [0.2, 0.25) is 0 Å². The number of likely N-dealkylation sites (tertiary alicyclic amines) is 1. The zero-order chi connectivity index (χ0) is 12.1. The molecule has 1 aliphatic rings. The van der Waals surface area contributed by atoms with Crippen molar-refractivity contribution in [3.8, 4) is 0 Å². The Hall–Kier alpha value is -0.510. The van der Waals surface area contributed by atoms with E-state index in [-0.39, 0.29) is 6.10 Å². The van der Waals surface area contributed by atoms with Gasteiger partial charge in [-0.15, -0.1) is 11.8 Å². The summed E-state index contributed by atoms with van der Waals surface area (Å²) < 4.78 is 0. The van der Waals surface area contributed by atoms with E-state index in [1.807, 2.05) is 18.2 Å². The predicted molar refractivity (Wildman–Crippen MR) is 73.5 cm³/mol. The SMILES string of the molecule is CSc1ccccc1C(O)CCN1CCCC1. The minimum atomic E-state index is -0.320. The molecule has 1 unspecified atom stereocenters. The zero-order valence-corrected chi connectivity index (χ0v) is 11.2. The van der Waals surface area contributed by atoms with E-state index in [0.717, 1.165) is 18.5 Å². The molecule has 1 aliphatic heterocycles. The highest BCUT2D eigenvalue weighted by Gasteiger charge is 2.15. The Morgan fingerprint density at radius 3 is 2.71 bits per heavy atom. The fraction of sp³-hybridized carbons (Fsp3) is 0.571. The van der Waals surface area contributed by atoms with Gasteiger partial charge in [-0.3, -0.25) is 0 Å². The Bertz CT molecular complexity index is 350. The lowest BCUT2D eigenvalue weighted by Gasteiger charge is -2.19. The van der Waals surface area contributed by atoms with Gasteiger partial charge in [-0.2, -0.15) is 0 Å². The lowest BCUT2D eigenvalue weighted by molar-refractivity contribution is 0.146. The molecule has 1 aromatic rings. The molecule has 1 aromatic carbocycles. The molecule has 17 heavy (non-hydrogen) atoms. The first-order valence-electron chi connectivity index (χ1n) is 6.34. The molecule has 0 radical (unpaired) electrons. The van der Waals surface area contributed by atoms with Crippen molar-refractivity contribution in [2.45, 2.75) is 30.3 Å². The normalized spacial score (nSPS) is 18.5.